The third-order valence-corrected chi connectivity index (χ3v) is 2.72. The largest absolute Gasteiger partial charge is 0.437 e. The lowest BCUT2D eigenvalue weighted by Gasteiger charge is -2.07. The molecule has 17 heavy (non-hydrogen) atoms. The Labute approximate surface area is 107 Å². The van der Waals surface area contributed by atoms with Gasteiger partial charge in [0.2, 0.25) is 5.88 Å². The van der Waals surface area contributed by atoms with Gasteiger partial charge in [-0.1, -0.05) is 22.0 Å². The molecule has 0 atom stereocenters. The van der Waals surface area contributed by atoms with Crippen molar-refractivity contribution in [1.29, 1.82) is 0 Å². The van der Waals surface area contributed by atoms with Crippen LogP contribution in [0.25, 0.3) is 0 Å². The average molecular weight is 295 g/mol. The molecule has 0 spiro atoms. The van der Waals surface area contributed by atoms with Crippen LogP contribution in [0.2, 0.25) is 0 Å². The van der Waals surface area contributed by atoms with Crippen LogP contribution in [-0.4, -0.2) is 15.3 Å². The number of hydrogen-bond acceptors (Lipinski definition) is 4. The van der Waals surface area contributed by atoms with Gasteiger partial charge in [0.05, 0.1) is 12.3 Å². The van der Waals surface area contributed by atoms with Gasteiger partial charge in [0.25, 0.3) is 0 Å². The summed E-state index contributed by atoms with van der Waals surface area (Å²) in [4.78, 5) is 0. The van der Waals surface area contributed by atoms with Gasteiger partial charge >= 0.3 is 0 Å². The van der Waals surface area contributed by atoms with E-state index in [1.807, 2.05) is 25.1 Å². The van der Waals surface area contributed by atoms with Gasteiger partial charge in [-0.2, -0.15) is 0 Å². The van der Waals surface area contributed by atoms with Gasteiger partial charge in [-0.05, 0) is 30.7 Å². The van der Waals surface area contributed by atoms with Crippen LogP contribution in [0, 0.1) is 6.92 Å². The molecule has 1 heterocycles. The highest BCUT2D eigenvalue weighted by atomic mass is 79.9. The standard InChI is InChI=1S/C12H11BrN2O2/c1-8-2-3-9(13)6-11(8)17-12-5-4-10(7-16)14-15-12/h2-6,16H,7H2,1H3. The molecule has 4 nitrogen and oxygen atoms in total. The molecule has 0 saturated carbocycles. The molecule has 0 unspecified atom stereocenters. The first-order valence-electron chi connectivity index (χ1n) is 5.06. The van der Waals surface area contributed by atoms with Crippen molar-refractivity contribution >= 4 is 15.9 Å². The third kappa shape index (κ3) is 3.01. The Bertz CT molecular complexity index is 514. The zero-order valence-corrected chi connectivity index (χ0v) is 10.8. The number of aryl methyl sites for hydroxylation is 1. The molecule has 0 saturated heterocycles. The molecule has 2 aromatic rings. The van der Waals surface area contributed by atoms with E-state index in [4.69, 9.17) is 9.84 Å². The highest BCUT2D eigenvalue weighted by Crippen LogP contribution is 2.26. The molecule has 0 amide bonds. The number of halogens is 1. The van der Waals surface area contributed by atoms with Gasteiger partial charge in [-0.3, -0.25) is 0 Å². The SMILES string of the molecule is Cc1ccc(Br)cc1Oc1ccc(CO)nn1. The van der Waals surface area contributed by atoms with Crippen LogP contribution in [0.3, 0.4) is 0 Å². The Kier molecular flexibility index (Phi) is 3.71. The summed E-state index contributed by atoms with van der Waals surface area (Å²) in [5.74, 6) is 1.13. The summed E-state index contributed by atoms with van der Waals surface area (Å²) in [6, 6.07) is 9.13. The number of aliphatic hydroxyl groups excluding tert-OH is 1. The van der Waals surface area contributed by atoms with Crippen molar-refractivity contribution in [2.75, 3.05) is 0 Å². The fraction of sp³-hybridized carbons (Fsp3) is 0.167. The maximum atomic E-state index is 8.85. The summed E-state index contributed by atoms with van der Waals surface area (Å²) in [5, 5.41) is 16.5. The molecule has 0 aliphatic carbocycles. The van der Waals surface area contributed by atoms with E-state index in [2.05, 4.69) is 26.1 Å². The molecule has 0 aliphatic rings. The molecule has 0 aliphatic heterocycles. The van der Waals surface area contributed by atoms with E-state index < -0.39 is 0 Å². The molecular weight excluding hydrogens is 284 g/mol. The summed E-state index contributed by atoms with van der Waals surface area (Å²) >= 11 is 3.38. The van der Waals surface area contributed by atoms with Crippen molar-refractivity contribution in [3.63, 3.8) is 0 Å². The highest BCUT2D eigenvalue weighted by molar-refractivity contribution is 9.10. The monoisotopic (exact) mass is 294 g/mol. The third-order valence-electron chi connectivity index (χ3n) is 2.22. The van der Waals surface area contributed by atoms with E-state index in [1.165, 1.54) is 0 Å². The molecule has 2 rings (SSSR count). The maximum absolute atomic E-state index is 8.85. The van der Waals surface area contributed by atoms with Crippen LogP contribution >= 0.6 is 15.9 Å². The number of aromatic nitrogens is 2. The van der Waals surface area contributed by atoms with E-state index in [9.17, 15) is 0 Å². The van der Waals surface area contributed by atoms with Crippen LogP contribution in [0.4, 0.5) is 0 Å². The van der Waals surface area contributed by atoms with Gasteiger partial charge in [0.15, 0.2) is 0 Å². The van der Waals surface area contributed by atoms with Crippen molar-refractivity contribution in [3.05, 3.63) is 46.1 Å². The maximum Gasteiger partial charge on any atom is 0.238 e. The van der Waals surface area contributed by atoms with Gasteiger partial charge < -0.3 is 9.84 Å². The molecule has 0 fully saturated rings. The zero-order chi connectivity index (χ0) is 12.3. The minimum absolute atomic E-state index is 0.122. The van der Waals surface area contributed by atoms with Gasteiger partial charge in [0.1, 0.15) is 5.75 Å². The predicted octanol–water partition coefficient (Wildman–Crippen LogP) is 2.83. The predicted molar refractivity (Wildman–Crippen MR) is 66.9 cm³/mol. The average Bonchev–Trinajstić information content (AvgIpc) is 2.35. The van der Waals surface area contributed by atoms with Crippen LogP contribution < -0.4 is 4.74 Å². The second-order valence-electron chi connectivity index (χ2n) is 3.53. The minimum Gasteiger partial charge on any atom is -0.437 e. The first kappa shape index (κ1) is 12.0. The lowest BCUT2D eigenvalue weighted by atomic mass is 10.2. The summed E-state index contributed by atoms with van der Waals surface area (Å²) in [6.07, 6.45) is 0. The van der Waals surface area contributed by atoms with Gasteiger partial charge in [-0.15, -0.1) is 10.2 Å². The van der Waals surface area contributed by atoms with E-state index in [1.54, 1.807) is 12.1 Å². The van der Waals surface area contributed by atoms with Crippen LogP contribution in [0.1, 0.15) is 11.3 Å². The zero-order valence-electron chi connectivity index (χ0n) is 9.22. The molecule has 0 radical (unpaired) electrons. The summed E-state index contributed by atoms with van der Waals surface area (Å²) in [6.45, 7) is 1.83. The molecule has 1 N–H and O–H groups in total. The number of rotatable bonds is 3. The number of nitrogens with zero attached hydrogens (tertiary/aromatic N) is 2. The lowest BCUT2D eigenvalue weighted by Crippen LogP contribution is -1.95. The van der Waals surface area contributed by atoms with Crippen LogP contribution in [-0.2, 0) is 6.61 Å². The molecule has 1 aromatic heterocycles. The van der Waals surface area contributed by atoms with E-state index in [-0.39, 0.29) is 6.61 Å². The van der Waals surface area contributed by atoms with E-state index >= 15 is 0 Å². The second kappa shape index (κ2) is 5.25. The van der Waals surface area contributed by atoms with Gasteiger partial charge in [-0.25, -0.2) is 0 Å². The first-order valence-corrected chi connectivity index (χ1v) is 5.86. The van der Waals surface area contributed by atoms with Crippen LogP contribution in [0.15, 0.2) is 34.8 Å². The minimum atomic E-state index is -0.122. The second-order valence-corrected chi connectivity index (χ2v) is 4.45. The van der Waals surface area contributed by atoms with Gasteiger partial charge in [0, 0.05) is 10.5 Å². The fourth-order valence-electron chi connectivity index (χ4n) is 1.28. The summed E-state index contributed by atoms with van der Waals surface area (Å²) < 4.78 is 6.55. The number of benzene rings is 1. The molecule has 0 bridgehead atoms. The number of ether oxygens (including phenoxy) is 1. The molecular formula is C12H11BrN2O2. The fourth-order valence-corrected chi connectivity index (χ4v) is 1.62. The van der Waals surface area contributed by atoms with Crippen molar-refractivity contribution in [2.45, 2.75) is 13.5 Å². The number of hydrogen-bond donors (Lipinski definition) is 1. The summed E-state index contributed by atoms with van der Waals surface area (Å²) in [7, 11) is 0. The van der Waals surface area contributed by atoms with Crippen molar-refractivity contribution in [2.24, 2.45) is 0 Å². The Hall–Kier alpha value is -1.46. The molecule has 88 valence electrons. The normalized spacial score (nSPS) is 10.3. The first-order chi connectivity index (χ1) is 8.19. The van der Waals surface area contributed by atoms with Crippen molar-refractivity contribution < 1.29 is 9.84 Å². The quantitative estimate of drug-likeness (QED) is 0.946. The Morgan fingerprint density at radius 3 is 2.71 bits per heavy atom. The van der Waals surface area contributed by atoms with E-state index in [0.717, 1.165) is 15.8 Å². The van der Waals surface area contributed by atoms with Crippen molar-refractivity contribution in [1.82, 2.24) is 10.2 Å². The smallest absolute Gasteiger partial charge is 0.238 e. The topological polar surface area (TPSA) is 55.2 Å². The van der Waals surface area contributed by atoms with Crippen LogP contribution in [0.5, 0.6) is 11.6 Å². The van der Waals surface area contributed by atoms with E-state index in [0.29, 0.717) is 11.6 Å². The Morgan fingerprint density at radius 1 is 1.24 bits per heavy atom. The molecule has 5 heteroatoms. The lowest BCUT2D eigenvalue weighted by molar-refractivity contribution is 0.274. The number of aliphatic hydroxyl groups is 1. The molecule has 1 aromatic carbocycles. The summed E-state index contributed by atoms with van der Waals surface area (Å²) in [5.41, 5.74) is 1.53. The Morgan fingerprint density at radius 2 is 2.06 bits per heavy atom. The van der Waals surface area contributed by atoms with Crippen molar-refractivity contribution in [3.8, 4) is 11.6 Å². The highest BCUT2D eigenvalue weighted by Gasteiger charge is 2.04. The Balaban J connectivity index is 2.22.